The molecule has 3 heteroatoms. The van der Waals surface area contributed by atoms with Crippen molar-refractivity contribution in [3.05, 3.63) is 48.6 Å². The van der Waals surface area contributed by atoms with Crippen molar-refractivity contribution in [2.75, 3.05) is 6.61 Å². The van der Waals surface area contributed by atoms with E-state index in [9.17, 15) is 4.79 Å². The number of rotatable bonds is 5. The fraction of sp³-hybridized carbons (Fsp3) is 0.250. The third-order valence-corrected chi connectivity index (χ3v) is 1.94. The van der Waals surface area contributed by atoms with E-state index in [1.165, 1.54) is 6.08 Å². The lowest BCUT2D eigenvalue weighted by Crippen LogP contribution is -2.34. The standard InChI is InChI=1S/C12H15NO2/c1-2-8-15-12(14)11(13)9-10-6-4-3-5-7-10/h2-7,11H,1,8-9,13H2/t11-/m0/s1. The molecule has 1 aromatic carbocycles. The molecular weight excluding hydrogens is 190 g/mol. The number of nitrogens with two attached hydrogens (primary N) is 1. The monoisotopic (exact) mass is 205 g/mol. The highest BCUT2D eigenvalue weighted by molar-refractivity contribution is 5.75. The van der Waals surface area contributed by atoms with Crippen LogP contribution in [0.4, 0.5) is 0 Å². The van der Waals surface area contributed by atoms with Crippen LogP contribution in [0.25, 0.3) is 0 Å². The zero-order valence-electron chi connectivity index (χ0n) is 8.56. The molecule has 0 aliphatic rings. The smallest absolute Gasteiger partial charge is 0.323 e. The van der Waals surface area contributed by atoms with E-state index >= 15 is 0 Å². The molecular formula is C12H15NO2. The van der Waals surface area contributed by atoms with Gasteiger partial charge in [0.2, 0.25) is 0 Å². The molecule has 1 aromatic rings. The van der Waals surface area contributed by atoms with Gasteiger partial charge in [0.25, 0.3) is 0 Å². The Hall–Kier alpha value is -1.61. The molecule has 0 amide bonds. The van der Waals surface area contributed by atoms with E-state index in [4.69, 9.17) is 10.5 Å². The maximum Gasteiger partial charge on any atom is 0.323 e. The average Bonchev–Trinajstić information content (AvgIpc) is 2.27. The normalized spacial score (nSPS) is 11.8. The second kappa shape index (κ2) is 5.98. The summed E-state index contributed by atoms with van der Waals surface area (Å²) in [5.41, 5.74) is 6.71. The zero-order valence-corrected chi connectivity index (χ0v) is 8.56. The summed E-state index contributed by atoms with van der Waals surface area (Å²) in [5, 5.41) is 0. The number of esters is 1. The molecule has 0 saturated heterocycles. The molecule has 80 valence electrons. The lowest BCUT2D eigenvalue weighted by molar-refractivity contribution is -0.143. The summed E-state index contributed by atoms with van der Waals surface area (Å²) in [6.45, 7) is 3.67. The van der Waals surface area contributed by atoms with Gasteiger partial charge in [0.15, 0.2) is 0 Å². The van der Waals surface area contributed by atoms with Crippen LogP contribution in [-0.4, -0.2) is 18.6 Å². The van der Waals surface area contributed by atoms with Crippen LogP contribution in [0.3, 0.4) is 0 Å². The van der Waals surface area contributed by atoms with Gasteiger partial charge >= 0.3 is 5.97 Å². The molecule has 0 radical (unpaired) electrons. The molecule has 0 bridgehead atoms. The Labute approximate surface area is 89.5 Å². The van der Waals surface area contributed by atoms with E-state index in [-0.39, 0.29) is 6.61 Å². The van der Waals surface area contributed by atoms with Gasteiger partial charge in [0, 0.05) is 0 Å². The second-order valence-corrected chi connectivity index (χ2v) is 3.21. The van der Waals surface area contributed by atoms with Crippen LogP contribution in [0, 0.1) is 0 Å². The van der Waals surface area contributed by atoms with Crippen molar-refractivity contribution in [1.29, 1.82) is 0 Å². The summed E-state index contributed by atoms with van der Waals surface area (Å²) in [6.07, 6.45) is 2.02. The Morgan fingerprint density at radius 1 is 1.47 bits per heavy atom. The van der Waals surface area contributed by atoms with Crippen LogP contribution < -0.4 is 5.73 Å². The Bertz CT molecular complexity index is 322. The van der Waals surface area contributed by atoms with Crippen LogP contribution in [0.5, 0.6) is 0 Å². The molecule has 15 heavy (non-hydrogen) atoms. The van der Waals surface area contributed by atoms with Crippen molar-refractivity contribution < 1.29 is 9.53 Å². The number of benzene rings is 1. The summed E-state index contributed by atoms with van der Waals surface area (Å²) in [6, 6.07) is 9.01. The number of hydrogen-bond acceptors (Lipinski definition) is 3. The van der Waals surface area contributed by atoms with Crippen molar-refractivity contribution in [3.63, 3.8) is 0 Å². The first kappa shape index (κ1) is 11.5. The van der Waals surface area contributed by atoms with Gasteiger partial charge in [0.1, 0.15) is 12.6 Å². The quantitative estimate of drug-likeness (QED) is 0.582. The summed E-state index contributed by atoms with van der Waals surface area (Å²) >= 11 is 0. The maximum absolute atomic E-state index is 11.3. The van der Waals surface area contributed by atoms with Crippen LogP contribution in [0.15, 0.2) is 43.0 Å². The maximum atomic E-state index is 11.3. The van der Waals surface area contributed by atoms with E-state index in [0.29, 0.717) is 6.42 Å². The fourth-order valence-corrected chi connectivity index (χ4v) is 1.20. The molecule has 1 rings (SSSR count). The van der Waals surface area contributed by atoms with E-state index in [0.717, 1.165) is 5.56 Å². The highest BCUT2D eigenvalue weighted by atomic mass is 16.5. The summed E-state index contributed by atoms with van der Waals surface area (Å²) in [4.78, 5) is 11.3. The fourth-order valence-electron chi connectivity index (χ4n) is 1.20. The Balaban J connectivity index is 2.45. The van der Waals surface area contributed by atoms with Crippen molar-refractivity contribution in [1.82, 2.24) is 0 Å². The highest BCUT2D eigenvalue weighted by Crippen LogP contribution is 2.02. The molecule has 0 aromatic heterocycles. The summed E-state index contributed by atoms with van der Waals surface area (Å²) < 4.78 is 4.84. The van der Waals surface area contributed by atoms with Gasteiger partial charge in [-0.05, 0) is 12.0 Å². The van der Waals surface area contributed by atoms with Gasteiger partial charge < -0.3 is 10.5 Å². The first-order valence-electron chi connectivity index (χ1n) is 4.81. The summed E-state index contributed by atoms with van der Waals surface area (Å²) in [7, 11) is 0. The number of carbonyl (C=O) groups excluding carboxylic acids is 1. The van der Waals surface area contributed by atoms with Gasteiger partial charge in [-0.1, -0.05) is 43.0 Å². The van der Waals surface area contributed by atoms with Crippen molar-refractivity contribution in [3.8, 4) is 0 Å². The molecule has 1 atom stereocenters. The average molecular weight is 205 g/mol. The molecule has 0 fully saturated rings. The topological polar surface area (TPSA) is 52.3 Å². The van der Waals surface area contributed by atoms with Crippen molar-refractivity contribution in [2.45, 2.75) is 12.5 Å². The van der Waals surface area contributed by atoms with E-state index in [2.05, 4.69) is 6.58 Å². The van der Waals surface area contributed by atoms with E-state index in [1.54, 1.807) is 0 Å². The first-order chi connectivity index (χ1) is 7.24. The number of carbonyl (C=O) groups is 1. The predicted octanol–water partition coefficient (Wildman–Crippen LogP) is 1.29. The number of hydrogen-bond donors (Lipinski definition) is 1. The molecule has 2 N–H and O–H groups in total. The van der Waals surface area contributed by atoms with Crippen LogP contribution in [0.1, 0.15) is 5.56 Å². The lowest BCUT2D eigenvalue weighted by Gasteiger charge is -2.10. The molecule has 0 aliphatic carbocycles. The SMILES string of the molecule is C=CCOC(=O)[C@@H](N)Cc1ccccc1. The van der Waals surface area contributed by atoms with Crippen molar-refractivity contribution in [2.24, 2.45) is 5.73 Å². The van der Waals surface area contributed by atoms with Gasteiger partial charge in [-0.3, -0.25) is 4.79 Å². The summed E-state index contributed by atoms with van der Waals surface area (Å²) in [5.74, 6) is -0.390. The minimum absolute atomic E-state index is 0.210. The van der Waals surface area contributed by atoms with E-state index < -0.39 is 12.0 Å². The van der Waals surface area contributed by atoms with Crippen LogP contribution in [0.2, 0.25) is 0 Å². The van der Waals surface area contributed by atoms with Gasteiger partial charge in [-0.25, -0.2) is 0 Å². The minimum atomic E-state index is -0.604. The molecule has 0 heterocycles. The molecule has 0 aliphatic heterocycles. The minimum Gasteiger partial charge on any atom is -0.460 e. The Morgan fingerprint density at radius 2 is 2.13 bits per heavy atom. The third kappa shape index (κ3) is 3.95. The largest absolute Gasteiger partial charge is 0.460 e. The van der Waals surface area contributed by atoms with Gasteiger partial charge in [0.05, 0.1) is 0 Å². The Kier molecular flexibility index (Phi) is 4.57. The lowest BCUT2D eigenvalue weighted by atomic mass is 10.1. The molecule has 0 saturated carbocycles. The zero-order chi connectivity index (χ0) is 11.1. The number of ether oxygens (including phenoxy) is 1. The van der Waals surface area contributed by atoms with Gasteiger partial charge in [-0.2, -0.15) is 0 Å². The van der Waals surface area contributed by atoms with Crippen molar-refractivity contribution >= 4 is 5.97 Å². The van der Waals surface area contributed by atoms with Gasteiger partial charge in [-0.15, -0.1) is 0 Å². The molecule has 3 nitrogen and oxygen atoms in total. The Morgan fingerprint density at radius 3 is 2.73 bits per heavy atom. The first-order valence-corrected chi connectivity index (χ1v) is 4.81. The molecule has 0 spiro atoms. The van der Waals surface area contributed by atoms with Crippen LogP contribution in [-0.2, 0) is 16.0 Å². The molecule has 0 unspecified atom stereocenters. The predicted molar refractivity (Wildman–Crippen MR) is 59.3 cm³/mol. The third-order valence-electron chi connectivity index (χ3n) is 1.94. The highest BCUT2D eigenvalue weighted by Gasteiger charge is 2.14. The van der Waals surface area contributed by atoms with Crippen LogP contribution >= 0.6 is 0 Å². The van der Waals surface area contributed by atoms with E-state index in [1.807, 2.05) is 30.3 Å². The second-order valence-electron chi connectivity index (χ2n) is 3.21.